The number of hydrogen-bond donors (Lipinski definition) is 1. The second-order valence-electron chi connectivity index (χ2n) is 6.75. The van der Waals surface area contributed by atoms with Crippen LogP contribution in [-0.4, -0.2) is 0 Å². The number of dihydropyridines is 1. The third-order valence-corrected chi connectivity index (χ3v) is 5.10. The minimum Gasteiger partial charge on any atom is -0.380 e. The maximum Gasteiger partial charge on any atom is 0.0698 e. The van der Waals surface area contributed by atoms with Gasteiger partial charge in [0, 0.05) is 6.20 Å². The first-order valence-corrected chi connectivity index (χ1v) is 8.59. The highest BCUT2D eigenvalue weighted by Crippen LogP contribution is 2.35. The van der Waals surface area contributed by atoms with Crippen LogP contribution in [0.5, 0.6) is 0 Å². The van der Waals surface area contributed by atoms with E-state index in [1.165, 1.54) is 33.4 Å². The fourth-order valence-corrected chi connectivity index (χ4v) is 3.93. The molecule has 2 heterocycles. The lowest BCUT2D eigenvalue weighted by Crippen LogP contribution is -2.18. The van der Waals surface area contributed by atoms with Crippen LogP contribution in [0.15, 0.2) is 60.8 Å². The number of nitrogens with one attached hydrogen (secondary N) is 1. The number of fused-ring (bicyclic) bond motifs is 2. The molecule has 0 fully saturated rings. The van der Waals surface area contributed by atoms with E-state index in [2.05, 4.69) is 80.0 Å². The average molecular weight is 301 g/mol. The molecule has 2 aromatic carbocycles. The second-order valence-corrected chi connectivity index (χ2v) is 6.75. The Hall–Kier alpha value is -2.28. The molecule has 0 spiro atoms. The van der Waals surface area contributed by atoms with Crippen LogP contribution in [0.4, 0.5) is 0 Å². The molecule has 2 aliphatic heterocycles. The molecule has 4 bridgehead atoms. The highest BCUT2D eigenvalue weighted by Gasteiger charge is 2.21. The van der Waals surface area contributed by atoms with Crippen LogP contribution < -0.4 is 5.32 Å². The zero-order valence-electron chi connectivity index (χ0n) is 13.8. The standard InChI is InChI=1S/C22H23N/c1-3-17-12-16-10-15(2)11-19(13-16)18-8-9-22(23-14-18)21-7-5-4-6-20(17)21/h4-11,13-14,17,22-23H,3,12H2,1-2H3. The van der Waals surface area contributed by atoms with Crippen LogP contribution in [0.3, 0.4) is 0 Å². The monoisotopic (exact) mass is 301 g/mol. The van der Waals surface area contributed by atoms with E-state index in [0.717, 1.165) is 12.8 Å². The molecule has 1 nitrogen and oxygen atoms in total. The van der Waals surface area contributed by atoms with E-state index in [9.17, 15) is 0 Å². The smallest absolute Gasteiger partial charge is 0.0698 e. The molecule has 0 saturated carbocycles. The molecule has 0 saturated heterocycles. The summed E-state index contributed by atoms with van der Waals surface area (Å²) in [4.78, 5) is 0. The van der Waals surface area contributed by atoms with Crippen molar-refractivity contribution in [3.8, 4) is 0 Å². The minimum atomic E-state index is 0.279. The molecule has 1 heteroatoms. The van der Waals surface area contributed by atoms with E-state index in [0.29, 0.717) is 5.92 Å². The van der Waals surface area contributed by atoms with Gasteiger partial charge in [-0.1, -0.05) is 67.1 Å². The van der Waals surface area contributed by atoms with Gasteiger partial charge in [0.1, 0.15) is 0 Å². The molecule has 3 aliphatic rings. The number of hydrogen-bond acceptors (Lipinski definition) is 1. The van der Waals surface area contributed by atoms with Gasteiger partial charge in [0.2, 0.25) is 0 Å². The Morgan fingerprint density at radius 3 is 2.65 bits per heavy atom. The summed E-state index contributed by atoms with van der Waals surface area (Å²) in [5.41, 5.74) is 8.29. The predicted molar refractivity (Wildman–Crippen MR) is 97.4 cm³/mol. The second kappa shape index (κ2) is 5.73. The molecule has 0 aromatic heterocycles. The Labute approximate surface area is 138 Å². The van der Waals surface area contributed by atoms with Crippen molar-refractivity contribution < 1.29 is 0 Å². The van der Waals surface area contributed by atoms with Crippen molar-refractivity contribution in [2.24, 2.45) is 0 Å². The summed E-state index contributed by atoms with van der Waals surface area (Å²) in [6, 6.07) is 16.2. The normalized spacial score (nSPS) is 21.9. The number of benzene rings is 2. The van der Waals surface area contributed by atoms with Gasteiger partial charge >= 0.3 is 0 Å². The Kier molecular flexibility index (Phi) is 3.57. The van der Waals surface area contributed by atoms with Gasteiger partial charge in [-0.3, -0.25) is 0 Å². The van der Waals surface area contributed by atoms with Gasteiger partial charge in [-0.15, -0.1) is 0 Å². The molecule has 1 aliphatic carbocycles. The van der Waals surface area contributed by atoms with Crippen molar-refractivity contribution in [3.63, 3.8) is 0 Å². The Morgan fingerprint density at radius 1 is 1.09 bits per heavy atom. The SMILES string of the molecule is CCC1Cc2cc(C)cc(c2)C2=CNC(C=C2)c2ccccc21. The van der Waals surface area contributed by atoms with E-state index in [4.69, 9.17) is 0 Å². The van der Waals surface area contributed by atoms with Crippen LogP contribution in [0.1, 0.15) is 53.1 Å². The van der Waals surface area contributed by atoms with Crippen molar-refractivity contribution in [2.45, 2.75) is 38.6 Å². The van der Waals surface area contributed by atoms with Crippen molar-refractivity contribution >= 4 is 5.57 Å². The van der Waals surface area contributed by atoms with E-state index in [1.807, 2.05) is 0 Å². The minimum absolute atomic E-state index is 0.279. The first-order valence-electron chi connectivity index (χ1n) is 8.59. The first kappa shape index (κ1) is 14.3. The summed E-state index contributed by atoms with van der Waals surface area (Å²) >= 11 is 0. The molecule has 2 atom stereocenters. The summed E-state index contributed by atoms with van der Waals surface area (Å²) in [6.45, 7) is 4.50. The van der Waals surface area contributed by atoms with E-state index >= 15 is 0 Å². The van der Waals surface area contributed by atoms with Crippen molar-refractivity contribution in [2.75, 3.05) is 0 Å². The molecule has 0 amide bonds. The maximum atomic E-state index is 3.60. The number of allylic oxidation sites excluding steroid dienone is 2. The summed E-state index contributed by atoms with van der Waals surface area (Å²) in [7, 11) is 0. The Morgan fingerprint density at radius 2 is 1.91 bits per heavy atom. The van der Waals surface area contributed by atoms with Crippen molar-refractivity contribution in [1.29, 1.82) is 0 Å². The molecule has 116 valence electrons. The van der Waals surface area contributed by atoms with Gasteiger partial charge in [0.05, 0.1) is 6.04 Å². The van der Waals surface area contributed by atoms with Gasteiger partial charge in [-0.2, -0.15) is 0 Å². The lowest BCUT2D eigenvalue weighted by atomic mass is 9.84. The Balaban J connectivity index is 1.92. The molecule has 5 rings (SSSR count). The van der Waals surface area contributed by atoms with Gasteiger partial charge in [-0.05, 0) is 53.5 Å². The fraction of sp³-hybridized carbons (Fsp3) is 0.273. The van der Waals surface area contributed by atoms with Gasteiger partial charge < -0.3 is 5.32 Å². The fourth-order valence-electron chi connectivity index (χ4n) is 3.93. The topological polar surface area (TPSA) is 12.0 Å². The summed E-state index contributed by atoms with van der Waals surface area (Å²) < 4.78 is 0. The molecular weight excluding hydrogens is 278 g/mol. The quantitative estimate of drug-likeness (QED) is 0.755. The summed E-state index contributed by atoms with van der Waals surface area (Å²) in [6.07, 6.45) is 9.02. The highest BCUT2D eigenvalue weighted by atomic mass is 14.9. The van der Waals surface area contributed by atoms with E-state index in [-0.39, 0.29) is 6.04 Å². The van der Waals surface area contributed by atoms with E-state index < -0.39 is 0 Å². The Bertz CT molecular complexity index is 797. The van der Waals surface area contributed by atoms with Gasteiger partial charge in [0.15, 0.2) is 0 Å². The van der Waals surface area contributed by atoms with Crippen LogP contribution in [-0.2, 0) is 6.42 Å². The molecule has 0 radical (unpaired) electrons. The molecule has 1 N–H and O–H groups in total. The third kappa shape index (κ3) is 2.61. The lowest BCUT2D eigenvalue weighted by molar-refractivity contribution is 0.637. The van der Waals surface area contributed by atoms with Crippen molar-refractivity contribution in [1.82, 2.24) is 5.32 Å². The van der Waals surface area contributed by atoms with Crippen LogP contribution in [0, 0.1) is 6.92 Å². The van der Waals surface area contributed by atoms with Crippen LogP contribution in [0.2, 0.25) is 0 Å². The maximum absolute atomic E-state index is 3.60. The predicted octanol–water partition coefficient (Wildman–Crippen LogP) is 5.29. The largest absolute Gasteiger partial charge is 0.380 e. The average Bonchev–Trinajstić information content (AvgIpc) is 2.61. The zero-order chi connectivity index (χ0) is 15.8. The van der Waals surface area contributed by atoms with Gasteiger partial charge in [-0.25, -0.2) is 0 Å². The number of aryl methyl sites for hydroxylation is 1. The zero-order valence-corrected chi connectivity index (χ0v) is 13.8. The third-order valence-electron chi connectivity index (χ3n) is 5.10. The lowest BCUT2D eigenvalue weighted by Gasteiger charge is -2.24. The molecule has 2 aromatic rings. The molecular formula is C22H23N. The first-order chi connectivity index (χ1) is 11.2. The van der Waals surface area contributed by atoms with Gasteiger partial charge in [0.25, 0.3) is 0 Å². The molecule has 23 heavy (non-hydrogen) atoms. The molecule has 2 unspecified atom stereocenters. The highest BCUT2D eigenvalue weighted by molar-refractivity contribution is 5.76. The van der Waals surface area contributed by atoms with Crippen LogP contribution >= 0.6 is 0 Å². The van der Waals surface area contributed by atoms with E-state index in [1.54, 1.807) is 0 Å². The summed E-state index contributed by atoms with van der Waals surface area (Å²) in [5, 5.41) is 3.60. The number of rotatable bonds is 1. The van der Waals surface area contributed by atoms with Crippen LogP contribution in [0.25, 0.3) is 5.57 Å². The van der Waals surface area contributed by atoms with Crippen molar-refractivity contribution in [3.05, 3.63) is 88.6 Å². The summed E-state index contributed by atoms with van der Waals surface area (Å²) in [5.74, 6) is 0.568.